The van der Waals surface area contributed by atoms with Gasteiger partial charge in [-0.25, -0.2) is 0 Å². The van der Waals surface area contributed by atoms with Gasteiger partial charge in [0, 0.05) is 30.1 Å². The number of carbonyl (C=O) groups excluding carboxylic acids is 1. The highest BCUT2D eigenvalue weighted by atomic mass is 16.1. The van der Waals surface area contributed by atoms with Gasteiger partial charge in [0.05, 0.1) is 11.9 Å². The van der Waals surface area contributed by atoms with Crippen LogP contribution in [-0.2, 0) is 11.3 Å². The fraction of sp³-hybridized carbons (Fsp3) is 0.0526. The molecule has 1 aromatic carbocycles. The van der Waals surface area contributed by atoms with E-state index < -0.39 is 5.91 Å². The number of amides is 1. The zero-order valence-electron chi connectivity index (χ0n) is 13.3. The Morgan fingerprint density at radius 2 is 1.96 bits per heavy atom. The molecule has 0 atom stereocenters. The van der Waals surface area contributed by atoms with Crippen molar-refractivity contribution in [2.24, 2.45) is 0 Å². The zero-order valence-corrected chi connectivity index (χ0v) is 13.3. The topological polar surface area (TPSA) is 94.5 Å². The quantitative estimate of drug-likeness (QED) is 0.556. The molecule has 3 rings (SSSR count). The van der Waals surface area contributed by atoms with Gasteiger partial charge in [-0.15, -0.1) is 0 Å². The highest BCUT2D eigenvalue weighted by molar-refractivity contribution is 6.02. The van der Waals surface area contributed by atoms with Gasteiger partial charge in [-0.1, -0.05) is 30.3 Å². The first-order chi connectivity index (χ1) is 12.3. The van der Waals surface area contributed by atoms with Crippen LogP contribution in [0.2, 0.25) is 0 Å². The summed E-state index contributed by atoms with van der Waals surface area (Å²) in [6, 6.07) is 15.2. The summed E-state index contributed by atoms with van der Waals surface area (Å²) in [5.41, 5.74) is 3.30. The molecule has 6 heteroatoms. The number of hydrogen-bond acceptors (Lipinski definition) is 4. The molecule has 122 valence electrons. The Hall–Kier alpha value is -3.72. The van der Waals surface area contributed by atoms with E-state index in [9.17, 15) is 10.1 Å². The Morgan fingerprint density at radius 3 is 2.68 bits per heavy atom. The molecule has 2 N–H and O–H groups in total. The minimum atomic E-state index is -0.431. The molecular weight excluding hydrogens is 314 g/mol. The molecule has 0 aliphatic rings. The van der Waals surface area contributed by atoms with Crippen LogP contribution in [0.3, 0.4) is 0 Å². The maximum Gasteiger partial charge on any atom is 0.262 e. The number of nitrogens with one attached hydrogen (secondary N) is 2. The summed E-state index contributed by atoms with van der Waals surface area (Å²) in [5, 5.41) is 19.0. The Labute approximate surface area is 144 Å². The van der Waals surface area contributed by atoms with E-state index in [1.54, 1.807) is 30.7 Å². The summed E-state index contributed by atoms with van der Waals surface area (Å²) in [6.45, 7) is 0.331. The smallest absolute Gasteiger partial charge is 0.262 e. The largest absolute Gasteiger partial charge is 0.347 e. The van der Waals surface area contributed by atoms with Crippen LogP contribution in [-0.4, -0.2) is 21.1 Å². The summed E-state index contributed by atoms with van der Waals surface area (Å²) in [4.78, 5) is 16.2. The van der Waals surface area contributed by atoms with Crippen LogP contribution in [0.5, 0.6) is 0 Å². The minimum Gasteiger partial charge on any atom is -0.347 e. The van der Waals surface area contributed by atoms with Gasteiger partial charge < -0.3 is 5.32 Å². The van der Waals surface area contributed by atoms with E-state index in [1.807, 2.05) is 36.4 Å². The summed E-state index contributed by atoms with van der Waals surface area (Å²) >= 11 is 0. The normalized spacial score (nSPS) is 10.9. The first kappa shape index (κ1) is 16.1. The maximum absolute atomic E-state index is 12.3. The molecule has 0 radical (unpaired) electrons. The van der Waals surface area contributed by atoms with Gasteiger partial charge in [-0.3, -0.25) is 14.9 Å². The van der Waals surface area contributed by atoms with Crippen molar-refractivity contribution in [3.05, 3.63) is 77.8 Å². The minimum absolute atomic E-state index is 0.0210. The third-order valence-corrected chi connectivity index (χ3v) is 3.60. The van der Waals surface area contributed by atoms with Crippen molar-refractivity contribution in [1.29, 1.82) is 5.26 Å². The Kier molecular flexibility index (Phi) is 4.98. The predicted octanol–water partition coefficient (Wildman–Crippen LogP) is 2.70. The van der Waals surface area contributed by atoms with Crippen LogP contribution in [0, 0.1) is 11.3 Å². The third-order valence-electron chi connectivity index (χ3n) is 3.60. The fourth-order valence-corrected chi connectivity index (χ4v) is 2.32. The lowest BCUT2D eigenvalue weighted by atomic mass is 10.1. The number of pyridine rings is 1. The predicted molar refractivity (Wildman–Crippen MR) is 93.7 cm³/mol. The third kappa shape index (κ3) is 3.98. The van der Waals surface area contributed by atoms with Gasteiger partial charge in [-0.2, -0.15) is 10.4 Å². The van der Waals surface area contributed by atoms with Gasteiger partial charge in [0.15, 0.2) is 0 Å². The monoisotopic (exact) mass is 329 g/mol. The van der Waals surface area contributed by atoms with Crippen LogP contribution < -0.4 is 5.32 Å². The highest BCUT2D eigenvalue weighted by Crippen LogP contribution is 2.22. The lowest BCUT2D eigenvalue weighted by molar-refractivity contribution is -0.117. The van der Waals surface area contributed by atoms with Crippen molar-refractivity contribution in [2.75, 3.05) is 0 Å². The van der Waals surface area contributed by atoms with Crippen LogP contribution in [0.1, 0.15) is 11.1 Å². The second kappa shape index (κ2) is 7.70. The number of hydrogen-bond donors (Lipinski definition) is 2. The van der Waals surface area contributed by atoms with Crippen LogP contribution in [0.15, 0.2) is 66.6 Å². The second-order valence-electron chi connectivity index (χ2n) is 5.27. The number of rotatable bonds is 5. The van der Waals surface area contributed by atoms with Crippen LogP contribution in [0.4, 0.5) is 0 Å². The van der Waals surface area contributed by atoms with Gasteiger partial charge >= 0.3 is 0 Å². The van der Waals surface area contributed by atoms with E-state index in [2.05, 4.69) is 20.5 Å². The number of aromatic amines is 1. The standard InChI is InChI=1S/C19H15N5O/c20-11-16(19(25)22-12-14-6-8-21-9-7-14)10-17-13-23-24-18(17)15-4-2-1-3-5-15/h1-10,13H,12H2,(H,22,25)(H,23,24)/b16-10+. The van der Waals surface area contributed by atoms with Crippen molar-refractivity contribution in [1.82, 2.24) is 20.5 Å². The number of aromatic nitrogens is 3. The van der Waals surface area contributed by atoms with Crippen molar-refractivity contribution >= 4 is 12.0 Å². The number of H-pyrrole nitrogens is 1. The first-order valence-electron chi connectivity index (χ1n) is 7.65. The molecule has 1 amide bonds. The van der Waals surface area contributed by atoms with E-state index in [4.69, 9.17) is 0 Å². The van der Waals surface area contributed by atoms with E-state index in [0.29, 0.717) is 12.1 Å². The Balaban J connectivity index is 1.78. The van der Waals surface area contributed by atoms with Crippen LogP contribution >= 0.6 is 0 Å². The molecule has 0 unspecified atom stereocenters. The molecule has 0 spiro atoms. The average molecular weight is 329 g/mol. The molecule has 2 heterocycles. The molecule has 0 saturated carbocycles. The molecule has 0 aliphatic carbocycles. The fourth-order valence-electron chi connectivity index (χ4n) is 2.32. The SMILES string of the molecule is N#C/C(=C\c1cn[nH]c1-c1ccccc1)C(=O)NCc1ccncc1. The van der Waals surface area contributed by atoms with E-state index in [1.165, 1.54) is 6.08 Å². The molecule has 0 fully saturated rings. The second-order valence-corrected chi connectivity index (χ2v) is 5.27. The summed E-state index contributed by atoms with van der Waals surface area (Å²) in [6.07, 6.45) is 6.43. The van der Waals surface area contributed by atoms with Crippen LogP contribution in [0.25, 0.3) is 17.3 Å². The summed E-state index contributed by atoms with van der Waals surface area (Å²) in [5.74, 6) is -0.431. The molecule has 6 nitrogen and oxygen atoms in total. The summed E-state index contributed by atoms with van der Waals surface area (Å²) < 4.78 is 0. The number of nitrogens with zero attached hydrogens (tertiary/aromatic N) is 3. The maximum atomic E-state index is 12.3. The van der Waals surface area contributed by atoms with Gasteiger partial charge in [0.2, 0.25) is 0 Å². The van der Waals surface area contributed by atoms with Gasteiger partial charge in [0.1, 0.15) is 11.6 Å². The molecule has 0 saturated heterocycles. The number of carbonyl (C=O) groups is 1. The van der Waals surface area contributed by atoms with E-state index >= 15 is 0 Å². The van der Waals surface area contributed by atoms with E-state index in [-0.39, 0.29) is 5.57 Å². The van der Waals surface area contributed by atoms with Gasteiger partial charge in [0.25, 0.3) is 5.91 Å². The lowest BCUT2D eigenvalue weighted by Crippen LogP contribution is -2.23. The zero-order chi connectivity index (χ0) is 17.5. The molecule has 2 aromatic heterocycles. The number of nitriles is 1. The first-order valence-corrected chi connectivity index (χ1v) is 7.65. The van der Waals surface area contributed by atoms with E-state index in [0.717, 1.165) is 16.8 Å². The Morgan fingerprint density at radius 1 is 1.20 bits per heavy atom. The molecule has 0 aliphatic heterocycles. The highest BCUT2D eigenvalue weighted by Gasteiger charge is 2.12. The van der Waals surface area contributed by atoms with Crippen molar-refractivity contribution in [2.45, 2.75) is 6.54 Å². The van der Waals surface area contributed by atoms with Crippen molar-refractivity contribution in [3.63, 3.8) is 0 Å². The average Bonchev–Trinajstić information content (AvgIpc) is 3.14. The molecule has 0 bridgehead atoms. The molecular formula is C19H15N5O. The van der Waals surface area contributed by atoms with Crippen molar-refractivity contribution in [3.8, 4) is 17.3 Å². The molecule has 3 aromatic rings. The van der Waals surface area contributed by atoms with Gasteiger partial charge in [-0.05, 0) is 23.8 Å². The molecule has 25 heavy (non-hydrogen) atoms. The summed E-state index contributed by atoms with van der Waals surface area (Å²) in [7, 11) is 0. The van der Waals surface area contributed by atoms with Crippen molar-refractivity contribution < 1.29 is 4.79 Å². The lowest BCUT2D eigenvalue weighted by Gasteiger charge is -2.04. The Bertz CT molecular complexity index is 923. The number of benzene rings is 1.